The minimum absolute atomic E-state index is 0.0752. The highest BCUT2D eigenvalue weighted by Gasteiger charge is 2.49. The summed E-state index contributed by atoms with van der Waals surface area (Å²) in [6.45, 7) is 1.78. The highest BCUT2D eigenvalue weighted by atomic mass is 32.2. The third-order valence-electron chi connectivity index (χ3n) is 6.77. The van der Waals surface area contributed by atoms with E-state index in [2.05, 4.69) is 10.0 Å². The minimum atomic E-state index is -1.69. The second-order valence-electron chi connectivity index (χ2n) is 8.92. The Kier molecular flexibility index (Phi) is 6.06. The van der Waals surface area contributed by atoms with Gasteiger partial charge in [-0.1, -0.05) is 61.4 Å². The number of carbonyl (C=O) groups is 2. The molecule has 3 aromatic carbocycles. The average molecular weight is 474 g/mol. The molecule has 174 valence electrons. The van der Waals surface area contributed by atoms with Gasteiger partial charge in [-0.3, -0.25) is 14.5 Å². The molecular weight excluding hydrogens is 446 g/mol. The Balaban J connectivity index is 1.77. The lowest BCUT2D eigenvalue weighted by Gasteiger charge is -2.41. The predicted octanol–water partition coefficient (Wildman–Crippen LogP) is 4.76. The van der Waals surface area contributed by atoms with Crippen LogP contribution in [0, 0.1) is 0 Å². The van der Waals surface area contributed by atoms with Gasteiger partial charge in [-0.05, 0) is 50.1 Å². The lowest BCUT2D eigenvalue weighted by atomic mass is 9.85. The fraction of sp³-hybridized carbons (Fsp3) is 0.259. The van der Waals surface area contributed by atoms with E-state index in [0.29, 0.717) is 27.4 Å². The quantitative estimate of drug-likeness (QED) is 0.538. The van der Waals surface area contributed by atoms with Crippen LogP contribution in [-0.2, 0) is 21.7 Å². The summed E-state index contributed by atoms with van der Waals surface area (Å²) in [5.74, 6) is -0.631. The van der Waals surface area contributed by atoms with Crippen molar-refractivity contribution in [3.05, 3.63) is 90.0 Å². The van der Waals surface area contributed by atoms with Crippen molar-refractivity contribution in [1.82, 2.24) is 5.32 Å². The van der Waals surface area contributed by atoms with Gasteiger partial charge in [0, 0.05) is 17.3 Å². The van der Waals surface area contributed by atoms with Gasteiger partial charge in [-0.2, -0.15) is 0 Å². The highest BCUT2D eigenvalue weighted by Crippen LogP contribution is 2.41. The van der Waals surface area contributed by atoms with Gasteiger partial charge in [0.25, 0.3) is 11.8 Å². The van der Waals surface area contributed by atoms with Crippen molar-refractivity contribution in [3.63, 3.8) is 0 Å². The number of nitrogens with zero attached hydrogens (tertiary/aromatic N) is 1. The van der Waals surface area contributed by atoms with Gasteiger partial charge >= 0.3 is 0 Å². The van der Waals surface area contributed by atoms with E-state index in [9.17, 15) is 14.1 Å². The second-order valence-corrected chi connectivity index (χ2v) is 10.1. The first-order chi connectivity index (χ1) is 16.5. The monoisotopic (exact) mass is 473 g/mol. The first kappa shape index (κ1) is 22.5. The van der Waals surface area contributed by atoms with Crippen LogP contribution in [0.2, 0.25) is 0 Å². The highest BCUT2D eigenvalue weighted by molar-refractivity contribution is 7.92. The van der Waals surface area contributed by atoms with Crippen molar-refractivity contribution < 1.29 is 14.1 Å². The number of anilines is 2. The number of amides is 2. The Hall–Kier alpha value is -3.29. The zero-order valence-corrected chi connectivity index (χ0v) is 19.8. The first-order valence-corrected chi connectivity index (χ1v) is 12.7. The molecule has 0 bridgehead atoms. The number of rotatable bonds is 3. The van der Waals surface area contributed by atoms with Crippen LogP contribution >= 0.6 is 0 Å². The molecule has 2 aliphatic rings. The number of benzene rings is 3. The van der Waals surface area contributed by atoms with Crippen molar-refractivity contribution in [1.29, 1.82) is 0 Å². The third kappa shape index (κ3) is 3.85. The molecule has 0 radical (unpaired) electrons. The van der Waals surface area contributed by atoms with Crippen molar-refractivity contribution in [3.8, 4) is 0 Å². The zero-order valence-electron chi connectivity index (χ0n) is 19.0. The molecule has 34 heavy (non-hydrogen) atoms. The number of hydrogen-bond acceptors (Lipinski definition) is 4. The van der Waals surface area contributed by atoms with Crippen LogP contribution in [0.25, 0.3) is 0 Å². The van der Waals surface area contributed by atoms with Crippen molar-refractivity contribution in [2.75, 3.05) is 9.62 Å². The topological polar surface area (TPSA) is 84.5 Å². The lowest BCUT2D eigenvalue weighted by molar-refractivity contribution is -0.126. The predicted molar refractivity (Wildman–Crippen MR) is 134 cm³/mol. The van der Waals surface area contributed by atoms with Crippen LogP contribution in [0.15, 0.2) is 83.8 Å². The van der Waals surface area contributed by atoms with Crippen molar-refractivity contribution in [2.24, 2.45) is 0 Å². The van der Waals surface area contributed by atoms with E-state index >= 15 is 0 Å². The van der Waals surface area contributed by atoms with Crippen molar-refractivity contribution in [2.45, 2.75) is 49.1 Å². The van der Waals surface area contributed by atoms with E-state index in [0.717, 1.165) is 25.7 Å². The largest absolute Gasteiger partial charge is 0.588 e. The number of fused-ring (bicyclic) bond motifs is 2. The van der Waals surface area contributed by atoms with Gasteiger partial charge in [0.05, 0.1) is 11.3 Å². The van der Waals surface area contributed by atoms with E-state index in [1.54, 1.807) is 42.2 Å². The summed E-state index contributed by atoms with van der Waals surface area (Å²) >= 11 is -1.69. The fourth-order valence-electron chi connectivity index (χ4n) is 4.97. The molecule has 3 aromatic rings. The lowest BCUT2D eigenvalue weighted by Crippen LogP contribution is -2.58. The summed E-state index contributed by atoms with van der Waals surface area (Å²) in [6.07, 6.45) is 4.00. The molecule has 1 saturated carbocycles. The Morgan fingerprint density at radius 1 is 1.00 bits per heavy atom. The SMILES string of the molecule is CC1(C(=O)NC2CCCC2)c2ccccc2N[S+]([O-])c2ccccc2C(=O)N1c1ccccc1. The third-order valence-corrected chi connectivity index (χ3v) is 7.93. The number of carbonyl (C=O) groups excluding carboxylic acids is 2. The van der Waals surface area contributed by atoms with Gasteiger partial charge in [0.2, 0.25) is 0 Å². The molecule has 7 heteroatoms. The molecule has 6 nitrogen and oxygen atoms in total. The first-order valence-electron chi connectivity index (χ1n) is 11.6. The summed E-state index contributed by atoms with van der Waals surface area (Å²) in [6, 6.07) is 23.4. The van der Waals surface area contributed by atoms with Crippen LogP contribution in [0.5, 0.6) is 0 Å². The van der Waals surface area contributed by atoms with Crippen molar-refractivity contribution >= 4 is 34.6 Å². The molecular formula is C27H27N3O3S. The standard InChI is InChI=1S/C27H27N3O3S/c1-27(26(32)28-19-11-5-6-12-19)22-16-8-9-17-23(22)29-34(33)24-18-10-7-15-21(24)25(31)30(27)20-13-3-2-4-14-20/h2-4,7-10,13-19,29H,5-6,11-12H2,1H3,(H,28,32). The molecule has 2 unspecified atom stereocenters. The van der Waals surface area contributed by atoms with E-state index in [-0.39, 0.29) is 17.9 Å². The number of hydrogen-bond donors (Lipinski definition) is 2. The Morgan fingerprint density at radius 3 is 2.41 bits per heavy atom. The molecule has 0 saturated heterocycles. The van der Waals surface area contributed by atoms with Gasteiger partial charge in [0.15, 0.2) is 10.4 Å². The molecule has 1 aliphatic carbocycles. The average Bonchev–Trinajstić information content (AvgIpc) is 3.38. The number of nitrogens with one attached hydrogen (secondary N) is 2. The molecule has 5 rings (SSSR count). The summed E-state index contributed by atoms with van der Waals surface area (Å²) in [5.41, 5.74) is 0.629. The number of para-hydroxylation sites is 2. The van der Waals surface area contributed by atoms with Crippen LogP contribution in [-0.4, -0.2) is 22.4 Å². The fourth-order valence-corrected chi connectivity index (χ4v) is 6.02. The summed E-state index contributed by atoms with van der Waals surface area (Å²) in [7, 11) is 0. The Labute approximate surface area is 202 Å². The summed E-state index contributed by atoms with van der Waals surface area (Å²) in [5, 5.41) is 3.22. The van der Waals surface area contributed by atoms with Crippen LogP contribution < -0.4 is 14.9 Å². The zero-order chi connectivity index (χ0) is 23.7. The Morgan fingerprint density at radius 2 is 1.65 bits per heavy atom. The summed E-state index contributed by atoms with van der Waals surface area (Å²) < 4.78 is 16.4. The van der Waals surface area contributed by atoms with E-state index in [1.807, 2.05) is 48.5 Å². The van der Waals surface area contributed by atoms with Gasteiger partial charge < -0.3 is 9.87 Å². The molecule has 1 heterocycles. The maximum Gasteiger partial charge on any atom is 0.264 e. The second kappa shape index (κ2) is 9.16. The molecule has 2 N–H and O–H groups in total. The van der Waals surface area contributed by atoms with E-state index < -0.39 is 16.9 Å². The summed E-state index contributed by atoms with van der Waals surface area (Å²) in [4.78, 5) is 30.3. The van der Waals surface area contributed by atoms with Gasteiger partial charge in [-0.25, -0.2) is 4.72 Å². The smallest absolute Gasteiger partial charge is 0.264 e. The van der Waals surface area contributed by atoms with E-state index in [4.69, 9.17) is 0 Å². The maximum atomic E-state index is 14.2. The molecule has 0 spiro atoms. The molecule has 1 fully saturated rings. The van der Waals surface area contributed by atoms with Gasteiger partial charge in [-0.15, -0.1) is 0 Å². The van der Waals surface area contributed by atoms with Crippen LogP contribution in [0.1, 0.15) is 48.5 Å². The molecule has 2 amide bonds. The molecule has 1 aliphatic heterocycles. The molecule has 0 aromatic heterocycles. The van der Waals surface area contributed by atoms with Crippen LogP contribution in [0.3, 0.4) is 0 Å². The Bertz CT molecular complexity index is 1210. The van der Waals surface area contributed by atoms with Gasteiger partial charge in [0.1, 0.15) is 11.4 Å². The normalized spacial score (nSPS) is 22.6. The molecule has 2 atom stereocenters. The minimum Gasteiger partial charge on any atom is -0.588 e. The maximum absolute atomic E-state index is 14.2. The van der Waals surface area contributed by atoms with E-state index in [1.165, 1.54) is 0 Å². The van der Waals surface area contributed by atoms with Crippen LogP contribution in [0.4, 0.5) is 11.4 Å².